The molecule has 1 saturated carbocycles. The molecule has 5 atom stereocenters. The number of carbonyl (C=O) groups excluding carboxylic acids is 1. The van der Waals surface area contributed by atoms with Crippen molar-refractivity contribution in [1.82, 2.24) is 4.90 Å². The molecule has 0 radical (unpaired) electrons. The molecule has 1 fully saturated rings. The molecule has 3 rings (SSSR count). The standard InChI is InChI=1S/C26H35NO3/c1-18-7-6-9-19(13-18)15-22(28)11-12-23-24-16-20(14-21(24)17-25(23)29)8-4-5-10-26(30)27(2)3/h4,6-9,11-14,21-25,28-29H,5,10,15-17H2,1-3H3/b8-4-,12-11+/t21-,22-,23+,24-,25+/m0/s1. The molecule has 0 saturated heterocycles. The predicted octanol–water partition coefficient (Wildman–Crippen LogP) is 3.82. The van der Waals surface area contributed by atoms with Crippen LogP contribution in [0.4, 0.5) is 0 Å². The van der Waals surface area contributed by atoms with E-state index in [0.717, 1.165) is 24.8 Å². The Morgan fingerprint density at radius 2 is 2.13 bits per heavy atom. The highest BCUT2D eigenvalue weighted by molar-refractivity contribution is 5.75. The summed E-state index contributed by atoms with van der Waals surface area (Å²) >= 11 is 0. The van der Waals surface area contributed by atoms with E-state index in [1.54, 1.807) is 19.0 Å². The average molecular weight is 410 g/mol. The number of rotatable bonds is 8. The van der Waals surface area contributed by atoms with Crippen LogP contribution in [0.2, 0.25) is 0 Å². The molecule has 0 bridgehead atoms. The molecule has 0 spiro atoms. The summed E-state index contributed by atoms with van der Waals surface area (Å²) < 4.78 is 0. The molecular formula is C26H35NO3. The van der Waals surface area contributed by atoms with Crippen molar-refractivity contribution in [3.8, 4) is 0 Å². The molecule has 0 unspecified atom stereocenters. The van der Waals surface area contributed by atoms with Crippen molar-refractivity contribution in [2.75, 3.05) is 14.1 Å². The highest BCUT2D eigenvalue weighted by atomic mass is 16.3. The molecule has 0 aromatic heterocycles. The zero-order chi connectivity index (χ0) is 21.7. The second-order valence-corrected chi connectivity index (χ2v) is 9.03. The van der Waals surface area contributed by atoms with Gasteiger partial charge in [-0.1, -0.05) is 65.8 Å². The van der Waals surface area contributed by atoms with Gasteiger partial charge in [0.1, 0.15) is 0 Å². The summed E-state index contributed by atoms with van der Waals surface area (Å²) in [6.07, 6.45) is 13.1. The van der Waals surface area contributed by atoms with E-state index in [9.17, 15) is 15.0 Å². The van der Waals surface area contributed by atoms with Gasteiger partial charge in [-0.3, -0.25) is 4.79 Å². The van der Waals surface area contributed by atoms with Crippen LogP contribution in [0, 0.1) is 24.7 Å². The van der Waals surface area contributed by atoms with E-state index in [0.29, 0.717) is 24.7 Å². The summed E-state index contributed by atoms with van der Waals surface area (Å²) in [4.78, 5) is 13.3. The van der Waals surface area contributed by atoms with Crippen molar-refractivity contribution < 1.29 is 15.0 Å². The third-order valence-corrected chi connectivity index (χ3v) is 6.34. The number of amides is 1. The van der Waals surface area contributed by atoms with Crippen LogP contribution < -0.4 is 0 Å². The normalized spacial score (nSPS) is 26.9. The lowest BCUT2D eigenvalue weighted by Gasteiger charge is -2.18. The number of benzene rings is 1. The lowest BCUT2D eigenvalue weighted by Crippen LogP contribution is -2.20. The van der Waals surface area contributed by atoms with E-state index in [2.05, 4.69) is 37.3 Å². The molecule has 1 aromatic rings. The minimum Gasteiger partial charge on any atom is -0.392 e. The van der Waals surface area contributed by atoms with E-state index in [-0.39, 0.29) is 17.9 Å². The number of hydrogen-bond acceptors (Lipinski definition) is 3. The van der Waals surface area contributed by atoms with Gasteiger partial charge in [0.05, 0.1) is 12.2 Å². The quantitative estimate of drug-likeness (QED) is 0.642. The van der Waals surface area contributed by atoms with Gasteiger partial charge in [0.15, 0.2) is 0 Å². The first-order valence-corrected chi connectivity index (χ1v) is 11.0. The second kappa shape index (κ2) is 10.2. The average Bonchev–Trinajstić information content (AvgIpc) is 3.19. The summed E-state index contributed by atoms with van der Waals surface area (Å²) in [5, 5.41) is 21.0. The fourth-order valence-electron chi connectivity index (χ4n) is 4.74. The Labute approximate surface area is 180 Å². The number of fused-ring (bicyclic) bond motifs is 1. The third-order valence-electron chi connectivity index (χ3n) is 6.34. The number of nitrogens with zero attached hydrogens (tertiary/aromatic N) is 1. The lowest BCUT2D eigenvalue weighted by molar-refractivity contribution is -0.128. The molecule has 1 amide bonds. The van der Waals surface area contributed by atoms with Crippen molar-refractivity contribution in [2.24, 2.45) is 17.8 Å². The van der Waals surface area contributed by atoms with E-state index in [1.807, 2.05) is 24.3 Å². The monoisotopic (exact) mass is 409 g/mol. The first-order valence-electron chi connectivity index (χ1n) is 11.0. The fourth-order valence-corrected chi connectivity index (χ4v) is 4.74. The summed E-state index contributed by atoms with van der Waals surface area (Å²) in [6.45, 7) is 2.06. The molecule has 4 nitrogen and oxygen atoms in total. The summed E-state index contributed by atoms with van der Waals surface area (Å²) in [7, 11) is 3.56. The molecule has 2 N–H and O–H groups in total. The maximum Gasteiger partial charge on any atom is 0.222 e. The number of allylic oxidation sites excluding steroid dienone is 4. The van der Waals surface area contributed by atoms with Crippen LogP contribution in [0.1, 0.15) is 36.8 Å². The molecule has 4 heteroatoms. The van der Waals surface area contributed by atoms with Gasteiger partial charge in [0.25, 0.3) is 0 Å². The molecule has 2 aliphatic carbocycles. The number of aliphatic hydroxyl groups is 2. The fraction of sp³-hybridized carbons (Fsp3) is 0.500. The van der Waals surface area contributed by atoms with Crippen molar-refractivity contribution in [3.63, 3.8) is 0 Å². The van der Waals surface area contributed by atoms with Crippen LogP contribution in [0.25, 0.3) is 0 Å². The molecule has 30 heavy (non-hydrogen) atoms. The lowest BCUT2D eigenvalue weighted by atomic mass is 9.89. The number of carbonyl (C=O) groups is 1. The zero-order valence-corrected chi connectivity index (χ0v) is 18.4. The minimum absolute atomic E-state index is 0.0830. The molecule has 2 aliphatic rings. The minimum atomic E-state index is -0.541. The first kappa shape index (κ1) is 22.5. The predicted molar refractivity (Wildman–Crippen MR) is 121 cm³/mol. The number of hydrogen-bond donors (Lipinski definition) is 2. The molecule has 162 valence electrons. The van der Waals surface area contributed by atoms with Crippen LogP contribution in [-0.4, -0.2) is 47.3 Å². The van der Waals surface area contributed by atoms with Gasteiger partial charge in [0.2, 0.25) is 5.91 Å². The molecule has 0 heterocycles. The largest absolute Gasteiger partial charge is 0.392 e. The Kier molecular flexibility index (Phi) is 7.68. The number of aryl methyl sites for hydroxylation is 1. The second-order valence-electron chi connectivity index (χ2n) is 9.03. The van der Waals surface area contributed by atoms with Gasteiger partial charge in [-0.05, 0) is 43.6 Å². The Balaban J connectivity index is 1.52. The van der Waals surface area contributed by atoms with Crippen LogP contribution in [-0.2, 0) is 11.2 Å². The smallest absolute Gasteiger partial charge is 0.222 e. The van der Waals surface area contributed by atoms with Crippen molar-refractivity contribution in [3.05, 3.63) is 71.3 Å². The van der Waals surface area contributed by atoms with Gasteiger partial charge in [-0.15, -0.1) is 0 Å². The first-order chi connectivity index (χ1) is 14.3. The van der Waals surface area contributed by atoms with E-state index < -0.39 is 6.10 Å². The van der Waals surface area contributed by atoms with Crippen LogP contribution >= 0.6 is 0 Å². The topological polar surface area (TPSA) is 60.8 Å². The van der Waals surface area contributed by atoms with E-state index in [4.69, 9.17) is 0 Å². The highest BCUT2D eigenvalue weighted by Gasteiger charge is 2.42. The van der Waals surface area contributed by atoms with Crippen LogP contribution in [0.15, 0.2) is 60.2 Å². The Morgan fingerprint density at radius 1 is 1.33 bits per heavy atom. The highest BCUT2D eigenvalue weighted by Crippen LogP contribution is 2.47. The van der Waals surface area contributed by atoms with Crippen molar-refractivity contribution >= 4 is 5.91 Å². The van der Waals surface area contributed by atoms with Crippen LogP contribution in [0.3, 0.4) is 0 Å². The summed E-state index contributed by atoms with van der Waals surface area (Å²) in [5.41, 5.74) is 3.62. The van der Waals surface area contributed by atoms with Crippen molar-refractivity contribution in [2.45, 2.75) is 51.2 Å². The molecule has 0 aliphatic heterocycles. The zero-order valence-electron chi connectivity index (χ0n) is 18.4. The third kappa shape index (κ3) is 5.93. The van der Waals surface area contributed by atoms with Gasteiger partial charge < -0.3 is 15.1 Å². The van der Waals surface area contributed by atoms with Crippen molar-refractivity contribution in [1.29, 1.82) is 0 Å². The van der Waals surface area contributed by atoms with Crippen LogP contribution in [0.5, 0.6) is 0 Å². The Morgan fingerprint density at radius 3 is 2.87 bits per heavy atom. The number of aliphatic hydroxyl groups excluding tert-OH is 2. The van der Waals surface area contributed by atoms with E-state index >= 15 is 0 Å². The van der Waals surface area contributed by atoms with Gasteiger partial charge in [0, 0.05) is 32.9 Å². The van der Waals surface area contributed by atoms with Gasteiger partial charge in [-0.25, -0.2) is 0 Å². The summed E-state index contributed by atoms with van der Waals surface area (Å²) in [5.74, 6) is 1.02. The van der Waals surface area contributed by atoms with E-state index in [1.165, 1.54) is 11.1 Å². The SMILES string of the molecule is Cc1cccc(C[C@@H](O)/C=C/[C@@H]2[C@H]3CC(/C=C\CCC(=O)N(C)C)=C[C@H]3C[C@H]2O)c1. The maximum atomic E-state index is 11.7. The summed E-state index contributed by atoms with van der Waals surface area (Å²) in [6, 6.07) is 8.21. The molecular weight excluding hydrogens is 374 g/mol. The Bertz CT molecular complexity index is 823. The molecule has 1 aromatic carbocycles. The Hall–Kier alpha value is -2.17. The maximum absolute atomic E-state index is 11.7. The van der Waals surface area contributed by atoms with Gasteiger partial charge >= 0.3 is 0 Å². The van der Waals surface area contributed by atoms with Gasteiger partial charge in [-0.2, -0.15) is 0 Å².